The van der Waals surface area contributed by atoms with Crippen LogP contribution < -0.4 is 4.90 Å². The van der Waals surface area contributed by atoms with Crippen LogP contribution in [-0.4, -0.2) is 55.7 Å². The van der Waals surface area contributed by atoms with E-state index in [1.165, 1.54) is 12.0 Å². The van der Waals surface area contributed by atoms with Crippen LogP contribution in [0.25, 0.3) is 0 Å². The van der Waals surface area contributed by atoms with Crippen LogP contribution in [0.4, 0.5) is 5.82 Å². The lowest BCUT2D eigenvalue weighted by atomic mass is 10.1. The van der Waals surface area contributed by atoms with Crippen molar-refractivity contribution in [2.24, 2.45) is 0 Å². The molecule has 3 heterocycles. The smallest absolute Gasteiger partial charge is 0.272 e. The van der Waals surface area contributed by atoms with Crippen molar-refractivity contribution in [2.75, 3.05) is 38.7 Å². The van der Waals surface area contributed by atoms with Crippen molar-refractivity contribution >= 4 is 11.7 Å². The Labute approximate surface area is 132 Å². The molecule has 0 spiro atoms. The first kappa shape index (κ1) is 15.3. The van der Waals surface area contributed by atoms with Gasteiger partial charge in [-0.05, 0) is 43.7 Å². The third kappa shape index (κ3) is 3.24. The summed E-state index contributed by atoms with van der Waals surface area (Å²) in [5.74, 6) is 0.967. The topological polar surface area (TPSA) is 45.7 Å². The van der Waals surface area contributed by atoms with Crippen LogP contribution in [0.2, 0.25) is 0 Å². The van der Waals surface area contributed by atoms with E-state index in [0.29, 0.717) is 11.8 Å². The second-order valence-corrected chi connectivity index (χ2v) is 6.35. The lowest BCUT2D eigenvalue weighted by molar-refractivity contribution is 0.0758. The molecular formula is C17H25N3O2. The Morgan fingerprint density at radius 1 is 1.50 bits per heavy atom. The summed E-state index contributed by atoms with van der Waals surface area (Å²) in [6.45, 7) is 2.64. The number of ether oxygens (including phenoxy) is 1. The van der Waals surface area contributed by atoms with Crippen molar-refractivity contribution in [3.63, 3.8) is 0 Å². The molecule has 2 aliphatic heterocycles. The Hall–Kier alpha value is -1.62. The van der Waals surface area contributed by atoms with Crippen molar-refractivity contribution < 1.29 is 9.53 Å². The molecule has 0 radical (unpaired) electrons. The normalized spacial score (nSPS) is 20.3. The maximum atomic E-state index is 12.5. The van der Waals surface area contributed by atoms with Gasteiger partial charge in [0.25, 0.3) is 5.91 Å². The molecule has 2 aliphatic rings. The number of nitrogens with zero attached hydrogens (tertiary/aromatic N) is 3. The molecule has 1 amide bonds. The average Bonchev–Trinajstić information content (AvgIpc) is 3.16. The monoisotopic (exact) mass is 303 g/mol. The number of hydrogen-bond acceptors (Lipinski definition) is 4. The lowest BCUT2D eigenvalue weighted by Crippen LogP contribution is -2.29. The summed E-state index contributed by atoms with van der Waals surface area (Å²) in [4.78, 5) is 20.9. The quantitative estimate of drug-likeness (QED) is 0.836. The molecule has 5 nitrogen and oxygen atoms in total. The number of likely N-dealkylation sites (N-methyl/N-ethyl adjacent to an activating group) is 1. The van der Waals surface area contributed by atoms with Crippen LogP contribution in [0.5, 0.6) is 0 Å². The molecule has 1 saturated heterocycles. The van der Waals surface area contributed by atoms with E-state index in [4.69, 9.17) is 4.74 Å². The van der Waals surface area contributed by atoms with E-state index in [1.807, 2.05) is 26.2 Å². The van der Waals surface area contributed by atoms with Crippen LogP contribution in [0.1, 0.15) is 41.7 Å². The minimum Gasteiger partial charge on any atom is -0.378 e. The molecular weight excluding hydrogens is 278 g/mol. The Bertz CT molecular complexity index is 541. The molecule has 0 aromatic carbocycles. The number of anilines is 1. The first-order chi connectivity index (χ1) is 10.6. The number of carbonyl (C=O) groups is 1. The molecule has 1 aromatic heterocycles. The average molecular weight is 303 g/mol. The zero-order valence-corrected chi connectivity index (χ0v) is 13.5. The van der Waals surface area contributed by atoms with E-state index < -0.39 is 0 Å². The van der Waals surface area contributed by atoms with Gasteiger partial charge in [0, 0.05) is 33.8 Å². The summed E-state index contributed by atoms with van der Waals surface area (Å²) in [5.41, 5.74) is 1.78. The molecule has 120 valence electrons. The zero-order chi connectivity index (χ0) is 15.5. The van der Waals surface area contributed by atoms with Gasteiger partial charge < -0.3 is 14.5 Å². The molecule has 0 bridgehead atoms. The van der Waals surface area contributed by atoms with Crippen LogP contribution >= 0.6 is 0 Å². The highest BCUT2D eigenvalue weighted by Crippen LogP contribution is 2.24. The second-order valence-electron chi connectivity index (χ2n) is 6.35. The van der Waals surface area contributed by atoms with Crippen LogP contribution in [-0.2, 0) is 11.2 Å². The third-order valence-corrected chi connectivity index (χ3v) is 4.64. The maximum Gasteiger partial charge on any atom is 0.272 e. The Balaban J connectivity index is 1.55. The fraction of sp³-hybridized carbons (Fsp3) is 0.647. The number of hydrogen-bond donors (Lipinski definition) is 0. The highest BCUT2D eigenvalue weighted by molar-refractivity contribution is 5.92. The second kappa shape index (κ2) is 6.65. The number of amides is 1. The first-order valence-corrected chi connectivity index (χ1v) is 8.23. The SMILES string of the molecule is CN(CCCC1CCCO1)C(=O)c1ccc2c(n1)N(C)CC2. The van der Waals surface area contributed by atoms with Gasteiger partial charge in [0.05, 0.1) is 6.10 Å². The van der Waals surface area contributed by atoms with Gasteiger partial charge in [-0.2, -0.15) is 0 Å². The van der Waals surface area contributed by atoms with Crippen molar-refractivity contribution in [1.82, 2.24) is 9.88 Å². The fourth-order valence-electron chi connectivity index (χ4n) is 3.24. The molecule has 5 heteroatoms. The molecule has 0 saturated carbocycles. The number of carbonyl (C=O) groups excluding carboxylic acids is 1. The van der Waals surface area contributed by atoms with Crippen molar-refractivity contribution in [3.05, 3.63) is 23.4 Å². The van der Waals surface area contributed by atoms with Gasteiger partial charge in [0.1, 0.15) is 11.5 Å². The van der Waals surface area contributed by atoms with Gasteiger partial charge in [-0.15, -0.1) is 0 Å². The summed E-state index contributed by atoms with van der Waals surface area (Å²) in [5, 5.41) is 0. The number of aromatic nitrogens is 1. The molecule has 1 aromatic rings. The summed E-state index contributed by atoms with van der Waals surface area (Å²) in [6, 6.07) is 3.90. The van der Waals surface area contributed by atoms with Gasteiger partial charge in [-0.25, -0.2) is 4.98 Å². The van der Waals surface area contributed by atoms with Gasteiger partial charge in [0.2, 0.25) is 0 Å². The largest absolute Gasteiger partial charge is 0.378 e. The standard InChI is InChI=1S/C17H25N3O2/c1-19-11-9-13-7-8-15(18-16(13)19)17(21)20(2)10-3-5-14-6-4-12-22-14/h7-8,14H,3-6,9-12H2,1-2H3. The number of pyridine rings is 1. The summed E-state index contributed by atoms with van der Waals surface area (Å²) < 4.78 is 5.62. The predicted molar refractivity (Wildman–Crippen MR) is 86.4 cm³/mol. The Morgan fingerprint density at radius 2 is 2.36 bits per heavy atom. The van der Waals surface area contributed by atoms with E-state index in [1.54, 1.807) is 4.90 Å². The summed E-state index contributed by atoms with van der Waals surface area (Å²) in [7, 11) is 3.88. The number of rotatable bonds is 5. The molecule has 22 heavy (non-hydrogen) atoms. The van der Waals surface area contributed by atoms with Gasteiger partial charge in [-0.3, -0.25) is 4.79 Å². The minimum absolute atomic E-state index is 0.00967. The minimum atomic E-state index is 0.00967. The van der Waals surface area contributed by atoms with E-state index in [0.717, 1.165) is 51.2 Å². The van der Waals surface area contributed by atoms with Crippen molar-refractivity contribution in [3.8, 4) is 0 Å². The molecule has 3 rings (SSSR count). The van der Waals surface area contributed by atoms with Crippen molar-refractivity contribution in [1.29, 1.82) is 0 Å². The van der Waals surface area contributed by atoms with Gasteiger partial charge in [0.15, 0.2) is 0 Å². The van der Waals surface area contributed by atoms with Crippen LogP contribution in [0.15, 0.2) is 12.1 Å². The number of fused-ring (bicyclic) bond motifs is 1. The Morgan fingerprint density at radius 3 is 3.14 bits per heavy atom. The van der Waals surface area contributed by atoms with Crippen LogP contribution in [0.3, 0.4) is 0 Å². The molecule has 1 fully saturated rings. The fourth-order valence-corrected chi connectivity index (χ4v) is 3.24. The predicted octanol–water partition coefficient (Wildman–Crippen LogP) is 2.11. The lowest BCUT2D eigenvalue weighted by Gasteiger charge is -2.19. The third-order valence-electron chi connectivity index (χ3n) is 4.64. The summed E-state index contributed by atoms with van der Waals surface area (Å²) in [6.07, 6.45) is 5.78. The van der Waals surface area contributed by atoms with Crippen LogP contribution in [0, 0.1) is 0 Å². The Kier molecular flexibility index (Phi) is 4.62. The molecule has 0 aliphatic carbocycles. The van der Waals surface area contributed by atoms with Gasteiger partial charge in [-0.1, -0.05) is 6.07 Å². The highest BCUT2D eigenvalue weighted by atomic mass is 16.5. The molecule has 1 unspecified atom stereocenters. The highest BCUT2D eigenvalue weighted by Gasteiger charge is 2.21. The van der Waals surface area contributed by atoms with Crippen molar-refractivity contribution in [2.45, 2.75) is 38.2 Å². The van der Waals surface area contributed by atoms with Gasteiger partial charge >= 0.3 is 0 Å². The maximum absolute atomic E-state index is 12.5. The first-order valence-electron chi connectivity index (χ1n) is 8.23. The zero-order valence-electron chi connectivity index (χ0n) is 13.5. The van der Waals surface area contributed by atoms with E-state index >= 15 is 0 Å². The molecule has 0 N–H and O–H groups in total. The molecule has 1 atom stereocenters. The van der Waals surface area contributed by atoms with E-state index in [2.05, 4.69) is 9.88 Å². The summed E-state index contributed by atoms with van der Waals surface area (Å²) >= 11 is 0. The van der Waals surface area contributed by atoms with E-state index in [-0.39, 0.29) is 5.91 Å². The van der Waals surface area contributed by atoms with E-state index in [9.17, 15) is 4.79 Å².